The zero-order valence-corrected chi connectivity index (χ0v) is 17.1. The molecule has 3 saturated carbocycles. The summed E-state index contributed by atoms with van der Waals surface area (Å²) < 4.78 is 6.09. The van der Waals surface area contributed by atoms with Crippen LogP contribution in [0.3, 0.4) is 0 Å². The van der Waals surface area contributed by atoms with Crippen LogP contribution in [0.4, 0.5) is 0 Å². The maximum absolute atomic E-state index is 6.09. The average Bonchev–Trinajstić information content (AvgIpc) is 3.24. The monoisotopic (exact) mass is 377 g/mol. The molecule has 2 bridgehead atoms. The first kappa shape index (κ1) is 17.4. The van der Waals surface area contributed by atoms with Crippen molar-refractivity contribution in [1.29, 1.82) is 0 Å². The molecule has 0 saturated heterocycles. The highest BCUT2D eigenvalue weighted by molar-refractivity contribution is 7.73. The average molecular weight is 377 g/mol. The summed E-state index contributed by atoms with van der Waals surface area (Å²) >= 11 is 0. The zero-order valence-electron chi connectivity index (χ0n) is 16.2. The Kier molecular flexibility index (Phi) is 4.36. The van der Waals surface area contributed by atoms with Gasteiger partial charge in [-0.2, -0.15) is 0 Å². The number of nitrogens with zero attached hydrogens (tertiary/aromatic N) is 1. The van der Waals surface area contributed by atoms with Gasteiger partial charge in [-0.25, -0.2) is 0 Å². The minimum Gasteiger partial charge on any atom is -0.479 e. The van der Waals surface area contributed by atoms with Crippen LogP contribution in [-0.4, -0.2) is 24.7 Å². The van der Waals surface area contributed by atoms with E-state index in [-0.39, 0.29) is 0 Å². The summed E-state index contributed by atoms with van der Waals surface area (Å²) in [6.45, 7) is 6.54. The Morgan fingerprint density at radius 1 is 0.926 bits per heavy atom. The third-order valence-electron chi connectivity index (χ3n) is 7.21. The maximum Gasteiger partial charge on any atom is 0.187 e. The molecule has 4 atom stereocenters. The second kappa shape index (κ2) is 6.74. The summed E-state index contributed by atoms with van der Waals surface area (Å²) in [4.78, 5) is 4.82. The molecule has 2 aromatic carbocycles. The van der Waals surface area contributed by atoms with E-state index in [1.54, 1.807) is 0 Å². The molecule has 1 heterocycles. The Balaban J connectivity index is 1.60. The third-order valence-corrected chi connectivity index (χ3v) is 10.1. The van der Waals surface area contributed by atoms with Crippen molar-refractivity contribution in [2.75, 3.05) is 13.2 Å². The van der Waals surface area contributed by atoms with Crippen LogP contribution in [-0.2, 0) is 4.74 Å². The Morgan fingerprint density at radius 2 is 1.56 bits per heavy atom. The van der Waals surface area contributed by atoms with Gasteiger partial charge in [-0.1, -0.05) is 74.5 Å². The molecule has 0 amide bonds. The van der Waals surface area contributed by atoms with Crippen molar-refractivity contribution < 1.29 is 4.74 Å². The number of rotatable bonds is 4. The molecule has 1 aliphatic heterocycles. The van der Waals surface area contributed by atoms with Crippen molar-refractivity contribution in [3.05, 3.63) is 60.7 Å². The normalized spacial score (nSPS) is 31.1. The predicted molar refractivity (Wildman–Crippen MR) is 115 cm³/mol. The Hall–Kier alpha value is -1.66. The van der Waals surface area contributed by atoms with E-state index in [1.165, 1.54) is 23.5 Å². The van der Waals surface area contributed by atoms with Gasteiger partial charge in [-0.05, 0) is 54.3 Å². The molecule has 140 valence electrons. The van der Waals surface area contributed by atoms with E-state index in [2.05, 4.69) is 74.5 Å². The first-order chi connectivity index (χ1) is 13.2. The van der Waals surface area contributed by atoms with Crippen LogP contribution in [0.1, 0.15) is 26.7 Å². The number of fused-ring (bicyclic) bond motifs is 2. The van der Waals surface area contributed by atoms with Gasteiger partial charge in [0.15, 0.2) is 5.90 Å². The molecule has 2 nitrogen and oxygen atoms in total. The van der Waals surface area contributed by atoms with Gasteiger partial charge in [-0.3, -0.25) is 4.99 Å². The zero-order chi connectivity index (χ0) is 18.4. The predicted octanol–water partition coefficient (Wildman–Crippen LogP) is 4.60. The van der Waals surface area contributed by atoms with E-state index in [4.69, 9.17) is 9.73 Å². The van der Waals surface area contributed by atoms with E-state index < -0.39 is 7.92 Å². The van der Waals surface area contributed by atoms with E-state index in [1.807, 2.05) is 0 Å². The first-order valence-corrected chi connectivity index (χ1v) is 11.6. The van der Waals surface area contributed by atoms with Crippen molar-refractivity contribution in [3.63, 3.8) is 0 Å². The number of hydrogen-bond donors (Lipinski definition) is 0. The largest absolute Gasteiger partial charge is 0.479 e. The number of hydrogen-bond acceptors (Lipinski definition) is 2. The van der Waals surface area contributed by atoms with Crippen molar-refractivity contribution >= 4 is 24.4 Å². The smallest absolute Gasteiger partial charge is 0.187 e. The highest BCUT2D eigenvalue weighted by atomic mass is 31.1. The molecule has 27 heavy (non-hydrogen) atoms. The molecule has 3 aliphatic carbocycles. The first-order valence-electron chi connectivity index (χ1n) is 10.2. The van der Waals surface area contributed by atoms with Gasteiger partial charge in [0.25, 0.3) is 0 Å². The summed E-state index contributed by atoms with van der Waals surface area (Å²) in [5, 5.41) is 2.98. The van der Waals surface area contributed by atoms with E-state index in [9.17, 15) is 0 Å². The van der Waals surface area contributed by atoms with Gasteiger partial charge in [0.1, 0.15) is 6.61 Å². The molecule has 0 aromatic heterocycles. The van der Waals surface area contributed by atoms with Crippen LogP contribution >= 0.6 is 7.92 Å². The fourth-order valence-corrected chi connectivity index (χ4v) is 8.81. The molecule has 3 heteroatoms. The van der Waals surface area contributed by atoms with Crippen LogP contribution in [0.15, 0.2) is 65.7 Å². The lowest BCUT2D eigenvalue weighted by Gasteiger charge is -2.63. The molecule has 6 rings (SSSR count). The highest BCUT2D eigenvalue weighted by Gasteiger charge is 2.61. The van der Waals surface area contributed by atoms with Gasteiger partial charge >= 0.3 is 0 Å². The lowest BCUT2D eigenvalue weighted by atomic mass is 9.45. The quantitative estimate of drug-likeness (QED) is 0.714. The van der Waals surface area contributed by atoms with E-state index >= 15 is 0 Å². The standard InChI is InChI=1S/C24H28NOP/c1-24(2)17-15-20(24)22(23-25-13-14-26-23)21(16-17)27(18-9-5-3-6-10-18)19-11-7-4-8-12-19/h3-12,17,20-22H,13-16H2,1-2H3/t17?,20-,21-,22-/m0/s1. The Bertz CT molecular complexity index is 792. The van der Waals surface area contributed by atoms with Gasteiger partial charge < -0.3 is 4.74 Å². The summed E-state index contributed by atoms with van der Waals surface area (Å²) in [5.74, 6) is 3.08. The number of benzene rings is 2. The molecule has 2 aromatic rings. The number of ether oxygens (including phenoxy) is 1. The van der Waals surface area contributed by atoms with Crippen LogP contribution in [0, 0.1) is 23.2 Å². The molecule has 3 fully saturated rings. The SMILES string of the molecule is CC1(C)C2C[C@H](P(c3ccccc3)c3ccccc3)[C@@H](C3=NCCO3)[C@@H]1C2. The lowest BCUT2D eigenvalue weighted by Crippen LogP contribution is -2.59. The van der Waals surface area contributed by atoms with Crippen molar-refractivity contribution in [2.24, 2.45) is 28.2 Å². The van der Waals surface area contributed by atoms with E-state index in [0.717, 1.165) is 25.0 Å². The lowest BCUT2D eigenvalue weighted by molar-refractivity contribution is -0.0860. The van der Waals surface area contributed by atoms with Gasteiger partial charge in [0.2, 0.25) is 0 Å². The Morgan fingerprint density at radius 3 is 2.07 bits per heavy atom. The molecule has 0 radical (unpaired) electrons. The topological polar surface area (TPSA) is 21.6 Å². The maximum atomic E-state index is 6.09. The molecular weight excluding hydrogens is 349 g/mol. The summed E-state index contributed by atoms with van der Waals surface area (Å²) in [6.07, 6.45) is 2.65. The van der Waals surface area contributed by atoms with Crippen molar-refractivity contribution in [3.8, 4) is 0 Å². The minimum atomic E-state index is -0.423. The fourth-order valence-electron chi connectivity index (χ4n) is 5.64. The van der Waals surface area contributed by atoms with Crippen molar-refractivity contribution in [2.45, 2.75) is 32.3 Å². The minimum absolute atomic E-state index is 0.421. The van der Waals surface area contributed by atoms with Gasteiger partial charge in [-0.15, -0.1) is 0 Å². The molecular formula is C24H28NOP. The van der Waals surface area contributed by atoms with E-state index in [0.29, 0.717) is 22.9 Å². The third kappa shape index (κ3) is 2.85. The van der Waals surface area contributed by atoms with Crippen LogP contribution in [0.25, 0.3) is 0 Å². The van der Waals surface area contributed by atoms with Gasteiger partial charge in [0.05, 0.1) is 6.54 Å². The summed E-state index contributed by atoms with van der Waals surface area (Å²) in [5.41, 5.74) is 1.04. The number of aliphatic imine (C=N–C) groups is 1. The fraction of sp³-hybridized carbons (Fsp3) is 0.458. The molecule has 1 unspecified atom stereocenters. The van der Waals surface area contributed by atoms with Crippen LogP contribution < -0.4 is 10.6 Å². The molecule has 0 N–H and O–H groups in total. The highest BCUT2D eigenvalue weighted by Crippen LogP contribution is 2.67. The summed E-state index contributed by atoms with van der Waals surface area (Å²) in [6, 6.07) is 22.4. The van der Waals surface area contributed by atoms with Crippen LogP contribution in [0.5, 0.6) is 0 Å². The van der Waals surface area contributed by atoms with Crippen LogP contribution in [0.2, 0.25) is 0 Å². The molecule has 0 spiro atoms. The van der Waals surface area contributed by atoms with Crippen molar-refractivity contribution in [1.82, 2.24) is 0 Å². The second-order valence-corrected chi connectivity index (χ2v) is 11.2. The van der Waals surface area contributed by atoms with Gasteiger partial charge in [0, 0.05) is 5.92 Å². The molecule has 4 aliphatic rings. The Labute approximate surface area is 163 Å². The second-order valence-electron chi connectivity index (χ2n) is 8.80. The summed E-state index contributed by atoms with van der Waals surface area (Å²) in [7, 11) is -0.423.